The van der Waals surface area contributed by atoms with Crippen molar-refractivity contribution in [3.8, 4) is 5.75 Å². The maximum Gasteiger partial charge on any atom is 0.337 e. The molecular formula is C22H23FN2O5S. The van der Waals surface area contributed by atoms with Gasteiger partial charge >= 0.3 is 5.97 Å². The van der Waals surface area contributed by atoms with Crippen LogP contribution in [-0.2, 0) is 21.8 Å². The molecule has 9 heteroatoms. The first-order chi connectivity index (χ1) is 15.0. The predicted octanol–water partition coefficient (Wildman–Crippen LogP) is 3.66. The van der Waals surface area contributed by atoms with Gasteiger partial charge in [-0.3, -0.25) is 9.36 Å². The van der Waals surface area contributed by atoms with Crippen LogP contribution in [0, 0.1) is 5.82 Å². The Morgan fingerprint density at radius 1 is 1.16 bits per heavy atom. The number of esters is 1. The Morgan fingerprint density at radius 2 is 1.97 bits per heavy atom. The van der Waals surface area contributed by atoms with Crippen LogP contribution in [0.3, 0.4) is 0 Å². The Hall–Kier alpha value is -2.91. The molecule has 0 aliphatic heterocycles. The number of nitrogens with zero attached hydrogens (tertiary/aromatic N) is 2. The molecule has 0 amide bonds. The fourth-order valence-electron chi connectivity index (χ4n) is 3.12. The van der Waals surface area contributed by atoms with Gasteiger partial charge in [0.25, 0.3) is 5.56 Å². The maximum atomic E-state index is 13.7. The number of carbonyl (C=O) groups is 1. The molecule has 7 nitrogen and oxygen atoms in total. The molecule has 164 valence electrons. The van der Waals surface area contributed by atoms with Gasteiger partial charge in [-0.1, -0.05) is 11.8 Å². The smallest absolute Gasteiger partial charge is 0.337 e. The lowest BCUT2D eigenvalue weighted by Crippen LogP contribution is -2.24. The van der Waals surface area contributed by atoms with Crippen LogP contribution in [-0.4, -0.2) is 43.5 Å². The van der Waals surface area contributed by atoms with Gasteiger partial charge in [-0.15, -0.1) is 0 Å². The molecule has 1 aromatic heterocycles. The first-order valence-electron chi connectivity index (χ1n) is 9.55. The highest BCUT2D eigenvalue weighted by Crippen LogP contribution is 2.28. The summed E-state index contributed by atoms with van der Waals surface area (Å²) in [5, 5.41) is 0.861. The number of fused-ring (bicyclic) bond motifs is 1. The monoisotopic (exact) mass is 446 g/mol. The van der Waals surface area contributed by atoms with Crippen molar-refractivity contribution in [3.05, 3.63) is 63.7 Å². The van der Waals surface area contributed by atoms with E-state index in [9.17, 15) is 14.0 Å². The van der Waals surface area contributed by atoms with Gasteiger partial charge in [0.15, 0.2) is 5.16 Å². The molecule has 0 atom stereocenters. The van der Waals surface area contributed by atoms with Crippen LogP contribution in [0.15, 0.2) is 46.3 Å². The summed E-state index contributed by atoms with van der Waals surface area (Å²) in [6.07, 6.45) is 0.626. The number of rotatable bonds is 9. The molecule has 0 bridgehead atoms. The van der Waals surface area contributed by atoms with Crippen molar-refractivity contribution in [3.63, 3.8) is 0 Å². The molecule has 0 aliphatic carbocycles. The summed E-state index contributed by atoms with van der Waals surface area (Å²) in [6, 6.07) is 8.95. The van der Waals surface area contributed by atoms with Crippen molar-refractivity contribution in [2.75, 3.05) is 27.9 Å². The molecule has 0 saturated heterocycles. The van der Waals surface area contributed by atoms with E-state index in [1.807, 2.05) is 0 Å². The molecule has 0 aliphatic rings. The second-order valence-corrected chi connectivity index (χ2v) is 7.61. The quantitative estimate of drug-likeness (QED) is 0.215. The summed E-state index contributed by atoms with van der Waals surface area (Å²) < 4.78 is 30.5. The maximum absolute atomic E-state index is 13.7. The standard InChI is InChI=1S/C22H23FN2O5S/c1-28-10-4-9-25-20(26)17-7-5-14(21(27)30-3)12-18(17)24-22(25)31-13-15-11-16(23)6-8-19(15)29-2/h5-8,11-12H,4,9-10,13H2,1-3H3. The van der Waals surface area contributed by atoms with Gasteiger partial charge in [0.2, 0.25) is 0 Å². The average Bonchev–Trinajstić information content (AvgIpc) is 2.78. The minimum absolute atomic E-state index is 0.216. The normalized spacial score (nSPS) is 11.0. The zero-order valence-corrected chi connectivity index (χ0v) is 18.3. The van der Waals surface area contributed by atoms with Crippen molar-refractivity contribution in [2.45, 2.75) is 23.9 Å². The summed E-state index contributed by atoms with van der Waals surface area (Å²) in [5.74, 6) is 0.0190. The highest BCUT2D eigenvalue weighted by molar-refractivity contribution is 7.98. The molecule has 0 fully saturated rings. The van der Waals surface area contributed by atoms with E-state index in [-0.39, 0.29) is 11.4 Å². The lowest BCUT2D eigenvalue weighted by molar-refractivity contribution is 0.0601. The first kappa shape index (κ1) is 22.8. The number of benzene rings is 2. The van der Waals surface area contributed by atoms with Crippen LogP contribution < -0.4 is 10.3 Å². The zero-order chi connectivity index (χ0) is 22.4. The van der Waals surface area contributed by atoms with Crippen molar-refractivity contribution in [1.29, 1.82) is 0 Å². The van der Waals surface area contributed by atoms with Crippen LogP contribution in [0.4, 0.5) is 4.39 Å². The Bertz CT molecular complexity index is 1150. The number of carbonyl (C=O) groups excluding carboxylic acids is 1. The Labute approximate surface area is 183 Å². The molecule has 3 rings (SSSR count). The molecule has 1 heterocycles. The second kappa shape index (κ2) is 10.4. The highest BCUT2D eigenvalue weighted by atomic mass is 32.2. The van der Waals surface area contributed by atoms with Crippen LogP contribution in [0.1, 0.15) is 22.3 Å². The third kappa shape index (κ3) is 5.23. The lowest BCUT2D eigenvalue weighted by atomic mass is 10.1. The number of thioether (sulfide) groups is 1. The van der Waals surface area contributed by atoms with E-state index in [1.165, 1.54) is 44.2 Å². The van der Waals surface area contributed by atoms with Gasteiger partial charge < -0.3 is 14.2 Å². The Morgan fingerprint density at radius 3 is 2.68 bits per heavy atom. The number of methoxy groups -OCH3 is 3. The molecule has 0 unspecified atom stereocenters. The minimum atomic E-state index is -0.508. The molecule has 2 aromatic carbocycles. The van der Waals surface area contributed by atoms with E-state index in [0.717, 1.165) is 0 Å². The van der Waals surface area contributed by atoms with Gasteiger partial charge in [0, 0.05) is 31.6 Å². The minimum Gasteiger partial charge on any atom is -0.496 e. The first-order valence-corrected chi connectivity index (χ1v) is 10.5. The summed E-state index contributed by atoms with van der Waals surface area (Å²) in [6.45, 7) is 0.907. The fraction of sp³-hybridized carbons (Fsp3) is 0.318. The third-order valence-corrected chi connectivity index (χ3v) is 5.70. The van der Waals surface area contributed by atoms with E-state index in [4.69, 9.17) is 14.2 Å². The van der Waals surface area contributed by atoms with Gasteiger partial charge in [-0.05, 0) is 42.8 Å². The third-order valence-electron chi connectivity index (χ3n) is 4.67. The topological polar surface area (TPSA) is 79.7 Å². The van der Waals surface area contributed by atoms with Gasteiger partial charge in [0.05, 0.1) is 30.7 Å². The number of halogens is 1. The van der Waals surface area contributed by atoms with Crippen LogP contribution in [0.5, 0.6) is 5.75 Å². The molecule has 0 N–H and O–H groups in total. The van der Waals surface area contributed by atoms with Crippen molar-refractivity contribution in [1.82, 2.24) is 9.55 Å². The summed E-state index contributed by atoms with van der Waals surface area (Å²) in [4.78, 5) is 29.7. The van der Waals surface area contributed by atoms with Gasteiger partial charge in [0.1, 0.15) is 11.6 Å². The number of ether oxygens (including phenoxy) is 3. The summed E-state index contributed by atoms with van der Waals surface area (Å²) >= 11 is 1.29. The predicted molar refractivity (Wildman–Crippen MR) is 116 cm³/mol. The molecule has 31 heavy (non-hydrogen) atoms. The second-order valence-electron chi connectivity index (χ2n) is 6.67. The van der Waals surface area contributed by atoms with Crippen molar-refractivity contribution in [2.24, 2.45) is 0 Å². The van der Waals surface area contributed by atoms with E-state index >= 15 is 0 Å². The Kier molecular flexibility index (Phi) is 7.64. The SMILES string of the molecule is COCCCn1c(SCc2cc(F)ccc2OC)nc2cc(C(=O)OC)ccc2c1=O. The zero-order valence-electron chi connectivity index (χ0n) is 17.5. The molecule has 3 aromatic rings. The summed E-state index contributed by atoms with van der Waals surface area (Å²) in [5.41, 5.74) is 1.13. The number of hydrogen-bond donors (Lipinski definition) is 0. The lowest BCUT2D eigenvalue weighted by Gasteiger charge is -2.14. The molecular weight excluding hydrogens is 423 g/mol. The van der Waals surface area contributed by atoms with E-state index in [1.54, 1.807) is 29.9 Å². The van der Waals surface area contributed by atoms with Gasteiger partial charge in [-0.25, -0.2) is 14.2 Å². The van der Waals surface area contributed by atoms with Crippen LogP contribution in [0.25, 0.3) is 10.9 Å². The van der Waals surface area contributed by atoms with Gasteiger partial charge in [-0.2, -0.15) is 0 Å². The molecule has 0 saturated carbocycles. The van der Waals surface area contributed by atoms with Crippen molar-refractivity contribution < 1.29 is 23.4 Å². The van der Waals surface area contributed by atoms with E-state index < -0.39 is 5.97 Å². The fourth-order valence-corrected chi connectivity index (χ4v) is 4.13. The van der Waals surface area contributed by atoms with E-state index in [0.29, 0.717) is 58.3 Å². The summed E-state index contributed by atoms with van der Waals surface area (Å²) in [7, 11) is 4.41. The van der Waals surface area contributed by atoms with E-state index in [2.05, 4.69) is 4.98 Å². The number of hydrogen-bond acceptors (Lipinski definition) is 7. The van der Waals surface area contributed by atoms with Crippen LogP contribution >= 0.6 is 11.8 Å². The highest BCUT2D eigenvalue weighted by Gasteiger charge is 2.15. The number of aromatic nitrogens is 2. The van der Waals surface area contributed by atoms with Crippen molar-refractivity contribution >= 4 is 28.6 Å². The average molecular weight is 447 g/mol. The Balaban J connectivity index is 2.03. The molecule has 0 spiro atoms. The van der Waals surface area contributed by atoms with Crippen LogP contribution in [0.2, 0.25) is 0 Å². The molecule has 0 radical (unpaired) electrons. The largest absolute Gasteiger partial charge is 0.496 e.